The van der Waals surface area contributed by atoms with Crippen molar-refractivity contribution in [3.63, 3.8) is 0 Å². The average Bonchev–Trinajstić information content (AvgIpc) is 2.40. The van der Waals surface area contributed by atoms with Crippen molar-refractivity contribution in [3.05, 3.63) is 0 Å². The summed E-state index contributed by atoms with van der Waals surface area (Å²) in [6.07, 6.45) is 7.32. The van der Waals surface area contributed by atoms with Crippen molar-refractivity contribution in [1.82, 2.24) is 0 Å². The van der Waals surface area contributed by atoms with Gasteiger partial charge in [0.05, 0.1) is 6.61 Å². The second kappa shape index (κ2) is 12.4. The summed E-state index contributed by atoms with van der Waals surface area (Å²) in [7, 11) is 0. The third kappa shape index (κ3) is 15.3. The number of hydrogen-bond donors (Lipinski definition) is 0. The van der Waals surface area contributed by atoms with Crippen LogP contribution in [0.3, 0.4) is 0 Å². The summed E-state index contributed by atoms with van der Waals surface area (Å²) in [5, 5.41) is 0. The molecule has 130 valence electrons. The molecule has 0 spiro atoms. The highest BCUT2D eigenvalue weighted by Crippen LogP contribution is 2.08. The number of carbonyl (C=O) groups excluding carboxylic acids is 2. The Morgan fingerprint density at radius 3 is 2.14 bits per heavy atom. The Kier molecular flexibility index (Phi) is 11.8. The van der Waals surface area contributed by atoms with Crippen molar-refractivity contribution in [1.29, 1.82) is 0 Å². The molecule has 22 heavy (non-hydrogen) atoms. The SMILES string of the molecule is CCCCCCCCC(=O)OCCOCC(=O)OC(C)(C)C. The molecule has 0 aliphatic rings. The fraction of sp³-hybridized carbons (Fsp3) is 0.882. The molecular formula is C17H32O5. The highest BCUT2D eigenvalue weighted by Gasteiger charge is 2.15. The van der Waals surface area contributed by atoms with Crippen LogP contribution < -0.4 is 0 Å². The molecule has 0 aliphatic carbocycles. The van der Waals surface area contributed by atoms with Gasteiger partial charge in [-0.3, -0.25) is 4.79 Å². The molecule has 0 unspecified atom stereocenters. The first-order chi connectivity index (χ1) is 10.3. The van der Waals surface area contributed by atoms with Crippen LogP contribution in [0.4, 0.5) is 0 Å². The second-order valence-electron chi connectivity index (χ2n) is 6.38. The minimum atomic E-state index is -0.510. The quantitative estimate of drug-likeness (QED) is 0.406. The number of unbranched alkanes of at least 4 members (excludes halogenated alkanes) is 5. The molecule has 0 atom stereocenters. The molecule has 0 aromatic carbocycles. The standard InChI is InChI=1S/C17H32O5/c1-5-6-7-8-9-10-11-15(18)21-13-12-20-14-16(19)22-17(2,3)4/h5-14H2,1-4H3. The Morgan fingerprint density at radius 1 is 0.864 bits per heavy atom. The van der Waals surface area contributed by atoms with Crippen LogP contribution >= 0.6 is 0 Å². The van der Waals surface area contributed by atoms with Crippen molar-refractivity contribution < 1.29 is 23.8 Å². The highest BCUT2D eigenvalue weighted by atomic mass is 16.6. The van der Waals surface area contributed by atoms with Crippen LogP contribution in [-0.4, -0.2) is 37.4 Å². The number of rotatable bonds is 12. The lowest BCUT2D eigenvalue weighted by Gasteiger charge is -2.19. The van der Waals surface area contributed by atoms with Crippen molar-refractivity contribution in [2.75, 3.05) is 19.8 Å². The van der Waals surface area contributed by atoms with Crippen molar-refractivity contribution in [3.8, 4) is 0 Å². The van der Waals surface area contributed by atoms with E-state index in [1.807, 2.05) is 0 Å². The molecule has 0 aliphatic heterocycles. The molecule has 0 rings (SSSR count). The molecule has 0 N–H and O–H groups in total. The van der Waals surface area contributed by atoms with Gasteiger partial charge in [-0.05, 0) is 27.2 Å². The monoisotopic (exact) mass is 316 g/mol. The van der Waals surface area contributed by atoms with Crippen LogP contribution in [0.1, 0.15) is 72.6 Å². The molecular weight excluding hydrogens is 284 g/mol. The minimum Gasteiger partial charge on any atom is -0.463 e. The zero-order valence-electron chi connectivity index (χ0n) is 14.6. The highest BCUT2D eigenvalue weighted by molar-refractivity contribution is 5.71. The third-order valence-corrected chi connectivity index (χ3v) is 2.87. The van der Waals surface area contributed by atoms with Crippen LogP contribution in [0, 0.1) is 0 Å². The number of ether oxygens (including phenoxy) is 3. The molecule has 5 nitrogen and oxygen atoms in total. The molecule has 0 bridgehead atoms. The van der Waals surface area contributed by atoms with Gasteiger partial charge in [-0.1, -0.05) is 39.0 Å². The predicted octanol–water partition coefficient (Wildman–Crippen LogP) is 3.64. The molecule has 0 amide bonds. The Labute approximate surface area is 134 Å². The maximum atomic E-state index is 11.4. The first-order valence-corrected chi connectivity index (χ1v) is 8.30. The van der Waals surface area contributed by atoms with Crippen LogP contribution in [0.5, 0.6) is 0 Å². The van der Waals surface area contributed by atoms with Gasteiger partial charge in [-0.2, -0.15) is 0 Å². The summed E-state index contributed by atoms with van der Waals surface area (Å²) in [5.74, 6) is -0.609. The third-order valence-electron chi connectivity index (χ3n) is 2.87. The number of hydrogen-bond acceptors (Lipinski definition) is 5. The van der Waals surface area contributed by atoms with Crippen LogP contribution in [0.25, 0.3) is 0 Å². The molecule has 0 saturated carbocycles. The maximum absolute atomic E-state index is 11.4. The van der Waals surface area contributed by atoms with Crippen LogP contribution in [-0.2, 0) is 23.8 Å². The second-order valence-corrected chi connectivity index (χ2v) is 6.38. The molecule has 0 aromatic rings. The van der Waals surface area contributed by atoms with Crippen LogP contribution in [0.15, 0.2) is 0 Å². The smallest absolute Gasteiger partial charge is 0.332 e. The van der Waals surface area contributed by atoms with Gasteiger partial charge < -0.3 is 14.2 Å². The lowest BCUT2D eigenvalue weighted by Crippen LogP contribution is -2.27. The Bertz CT molecular complexity index is 307. The summed E-state index contributed by atoms with van der Waals surface area (Å²) in [5.41, 5.74) is -0.510. The van der Waals surface area contributed by atoms with E-state index in [1.165, 1.54) is 25.7 Å². The molecule has 0 heterocycles. The van der Waals surface area contributed by atoms with E-state index in [9.17, 15) is 9.59 Å². The van der Waals surface area contributed by atoms with Gasteiger partial charge >= 0.3 is 11.9 Å². The van der Waals surface area contributed by atoms with Crippen molar-refractivity contribution in [2.45, 2.75) is 78.2 Å². The summed E-state index contributed by atoms with van der Waals surface area (Å²) >= 11 is 0. The van der Waals surface area contributed by atoms with E-state index in [4.69, 9.17) is 14.2 Å². The van der Waals surface area contributed by atoms with Gasteiger partial charge in [-0.15, -0.1) is 0 Å². The molecule has 5 heteroatoms. The largest absolute Gasteiger partial charge is 0.463 e. The molecule has 0 aromatic heterocycles. The number of esters is 2. The topological polar surface area (TPSA) is 61.8 Å². The first-order valence-electron chi connectivity index (χ1n) is 8.30. The molecule has 0 radical (unpaired) electrons. The summed E-state index contributed by atoms with van der Waals surface area (Å²) in [6.45, 7) is 7.85. The van der Waals surface area contributed by atoms with Crippen molar-refractivity contribution >= 4 is 11.9 Å². The Morgan fingerprint density at radius 2 is 1.50 bits per heavy atom. The first kappa shape index (κ1) is 20.9. The van der Waals surface area contributed by atoms with Crippen molar-refractivity contribution in [2.24, 2.45) is 0 Å². The Balaban J connectivity index is 3.40. The van der Waals surface area contributed by atoms with Gasteiger partial charge in [0.15, 0.2) is 0 Å². The zero-order valence-corrected chi connectivity index (χ0v) is 14.6. The van der Waals surface area contributed by atoms with Gasteiger partial charge in [-0.25, -0.2) is 4.79 Å². The summed E-state index contributed by atoms with van der Waals surface area (Å²) in [4.78, 5) is 22.8. The Hall–Kier alpha value is -1.10. The minimum absolute atomic E-state index is 0.119. The predicted molar refractivity (Wildman–Crippen MR) is 85.6 cm³/mol. The van der Waals surface area contributed by atoms with Gasteiger partial charge in [0.1, 0.15) is 18.8 Å². The lowest BCUT2D eigenvalue weighted by molar-refractivity contribution is -0.161. The van der Waals surface area contributed by atoms with Gasteiger partial charge in [0, 0.05) is 6.42 Å². The fourth-order valence-corrected chi connectivity index (χ4v) is 1.86. The summed E-state index contributed by atoms with van der Waals surface area (Å²) in [6, 6.07) is 0. The van der Waals surface area contributed by atoms with E-state index in [2.05, 4.69) is 6.92 Å². The van der Waals surface area contributed by atoms with E-state index < -0.39 is 11.6 Å². The fourth-order valence-electron chi connectivity index (χ4n) is 1.86. The van der Waals surface area contributed by atoms with E-state index in [0.717, 1.165) is 12.8 Å². The van der Waals surface area contributed by atoms with E-state index in [-0.39, 0.29) is 25.8 Å². The van der Waals surface area contributed by atoms with E-state index >= 15 is 0 Å². The van der Waals surface area contributed by atoms with Crippen LogP contribution in [0.2, 0.25) is 0 Å². The summed E-state index contributed by atoms with van der Waals surface area (Å²) < 4.78 is 15.2. The molecule has 0 saturated heterocycles. The normalized spacial score (nSPS) is 11.3. The van der Waals surface area contributed by atoms with E-state index in [1.54, 1.807) is 20.8 Å². The van der Waals surface area contributed by atoms with E-state index in [0.29, 0.717) is 6.42 Å². The lowest BCUT2D eigenvalue weighted by atomic mass is 10.1. The number of carbonyl (C=O) groups is 2. The zero-order chi connectivity index (χ0) is 16.8. The average molecular weight is 316 g/mol. The van der Waals surface area contributed by atoms with Gasteiger partial charge in [0.25, 0.3) is 0 Å². The molecule has 0 fully saturated rings. The van der Waals surface area contributed by atoms with Gasteiger partial charge in [0.2, 0.25) is 0 Å². The maximum Gasteiger partial charge on any atom is 0.332 e.